The minimum atomic E-state index is -0.752. The van der Waals surface area contributed by atoms with Gasteiger partial charge in [0.25, 0.3) is 0 Å². The van der Waals surface area contributed by atoms with Gasteiger partial charge in [0.2, 0.25) is 0 Å². The maximum Gasteiger partial charge on any atom is 0.338 e. The minimum absolute atomic E-state index is 0.0561. The van der Waals surface area contributed by atoms with Crippen molar-refractivity contribution in [3.8, 4) is 0 Å². The van der Waals surface area contributed by atoms with E-state index in [0.717, 1.165) is 0 Å². The van der Waals surface area contributed by atoms with Crippen molar-refractivity contribution >= 4 is 5.97 Å². The molecule has 2 fully saturated rings. The van der Waals surface area contributed by atoms with Crippen molar-refractivity contribution in [1.29, 1.82) is 0 Å². The summed E-state index contributed by atoms with van der Waals surface area (Å²) in [6.07, 6.45) is 2.95. The Labute approximate surface area is 135 Å². The molecule has 1 aromatic carbocycles. The molecule has 1 aliphatic heterocycles. The van der Waals surface area contributed by atoms with Crippen LogP contribution in [0.5, 0.6) is 0 Å². The Hall–Kier alpha value is -1.69. The molecule has 5 heteroatoms. The Bertz CT molecular complexity index is 568. The zero-order valence-corrected chi connectivity index (χ0v) is 13.0. The summed E-state index contributed by atoms with van der Waals surface area (Å²) >= 11 is 0. The predicted molar refractivity (Wildman–Crippen MR) is 83.6 cm³/mol. The second-order valence-corrected chi connectivity index (χ2v) is 6.28. The van der Waals surface area contributed by atoms with Gasteiger partial charge >= 0.3 is 5.97 Å². The molecule has 124 valence electrons. The molecule has 1 aromatic rings. The number of ether oxygens (including phenoxy) is 2. The van der Waals surface area contributed by atoms with Gasteiger partial charge in [-0.2, -0.15) is 0 Å². The fraction of sp³-hybridized carbons (Fsp3) is 0.500. The summed E-state index contributed by atoms with van der Waals surface area (Å²) in [6, 6.07) is 8.88. The van der Waals surface area contributed by atoms with Crippen LogP contribution in [0.15, 0.2) is 42.5 Å². The number of esters is 1. The monoisotopic (exact) mass is 318 g/mol. The van der Waals surface area contributed by atoms with Crippen molar-refractivity contribution < 1.29 is 24.5 Å². The molecule has 1 aliphatic carbocycles. The van der Waals surface area contributed by atoms with Gasteiger partial charge < -0.3 is 19.7 Å². The van der Waals surface area contributed by atoms with Gasteiger partial charge in [-0.15, -0.1) is 0 Å². The first-order valence-electron chi connectivity index (χ1n) is 8.00. The average molecular weight is 318 g/mol. The maximum atomic E-state index is 12.3. The lowest BCUT2D eigenvalue weighted by molar-refractivity contribution is -0.0955. The van der Waals surface area contributed by atoms with Gasteiger partial charge in [0.15, 0.2) is 6.29 Å². The summed E-state index contributed by atoms with van der Waals surface area (Å²) < 4.78 is 11.2. The van der Waals surface area contributed by atoms with Crippen LogP contribution in [-0.4, -0.2) is 40.8 Å². The summed E-state index contributed by atoms with van der Waals surface area (Å²) in [6.45, 7) is 1.67. The third-order valence-corrected chi connectivity index (χ3v) is 4.55. The normalized spacial score (nSPS) is 34.5. The van der Waals surface area contributed by atoms with Crippen molar-refractivity contribution in [3.63, 3.8) is 0 Å². The fourth-order valence-electron chi connectivity index (χ4n) is 3.50. The number of aliphatic hydroxyl groups is 2. The molecule has 6 atom stereocenters. The van der Waals surface area contributed by atoms with E-state index >= 15 is 0 Å². The van der Waals surface area contributed by atoms with Crippen LogP contribution < -0.4 is 0 Å². The molecule has 1 unspecified atom stereocenters. The molecule has 1 saturated carbocycles. The second kappa shape index (κ2) is 6.83. The summed E-state index contributed by atoms with van der Waals surface area (Å²) in [5, 5.41) is 19.1. The molecule has 2 N–H and O–H groups in total. The first-order chi connectivity index (χ1) is 11.0. The van der Waals surface area contributed by atoms with E-state index in [0.29, 0.717) is 18.4 Å². The van der Waals surface area contributed by atoms with E-state index in [2.05, 4.69) is 0 Å². The Morgan fingerprint density at radius 2 is 2.09 bits per heavy atom. The molecular formula is C18H22O5. The fourth-order valence-corrected chi connectivity index (χ4v) is 3.50. The number of rotatable bonds is 4. The maximum absolute atomic E-state index is 12.3. The molecule has 0 aromatic heterocycles. The quantitative estimate of drug-likeness (QED) is 0.655. The number of hydrogen-bond donors (Lipinski definition) is 2. The lowest BCUT2D eigenvalue weighted by Gasteiger charge is -2.21. The highest BCUT2D eigenvalue weighted by atomic mass is 16.6. The SMILES string of the molecule is C[C@H](O)/C=C/[C@H]1[C@@H]2CC(O)O[C@@H]2C[C@H]1OC(=O)c1ccccc1. The van der Waals surface area contributed by atoms with E-state index in [-0.39, 0.29) is 30.0 Å². The van der Waals surface area contributed by atoms with Crippen LogP contribution >= 0.6 is 0 Å². The van der Waals surface area contributed by atoms with E-state index in [1.807, 2.05) is 12.1 Å². The summed E-state index contributed by atoms with van der Waals surface area (Å²) in [7, 11) is 0. The Kier molecular flexibility index (Phi) is 4.80. The standard InChI is InChI=1S/C18H22O5/c1-11(19)7-8-13-14-9-17(20)22-16(14)10-15(13)23-18(21)12-5-3-2-4-6-12/h2-8,11,13-17,19-20H,9-10H2,1H3/b8-7+/t11-,13-,14-,15+,16+,17?/m0/s1. The van der Waals surface area contributed by atoms with Crippen LogP contribution in [0.3, 0.4) is 0 Å². The molecule has 1 saturated heterocycles. The van der Waals surface area contributed by atoms with Gasteiger partial charge in [0.05, 0.1) is 17.8 Å². The highest BCUT2D eigenvalue weighted by molar-refractivity contribution is 5.89. The van der Waals surface area contributed by atoms with Gasteiger partial charge in [0.1, 0.15) is 6.10 Å². The molecule has 0 amide bonds. The molecule has 0 radical (unpaired) electrons. The van der Waals surface area contributed by atoms with Crippen LogP contribution in [0.2, 0.25) is 0 Å². The largest absolute Gasteiger partial charge is 0.458 e. The topological polar surface area (TPSA) is 76.0 Å². The smallest absolute Gasteiger partial charge is 0.338 e. The van der Waals surface area contributed by atoms with Gasteiger partial charge in [-0.25, -0.2) is 4.79 Å². The zero-order chi connectivity index (χ0) is 16.4. The number of fused-ring (bicyclic) bond motifs is 1. The highest BCUT2D eigenvalue weighted by Crippen LogP contribution is 2.44. The second-order valence-electron chi connectivity index (χ2n) is 6.28. The van der Waals surface area contributed by atoms with Crippen molar-refractivity contribution in [3.05, 3.63) is 48.0 Å². The van der Waals surface area contributed by atoms with E-state index in [9.17, 15) is 15.0 Å². The van der Waals surface area contributed by atoms with Crippen molar-refractivity contribution in [1.82, 2.24) is 0 Å². The van der Waals surface area contributed by atoms with Crippen molar-refractivity contribution in [2.75, 3.05) is 0 Å². The van der Waals surface area contributed by atoms with Gasteiger partial charge in [-0.1, -0.05) is 30.4 Å². The van der Waals surface area contributed by atoms with E-state index in [1.165, 1.54) is 0 Å². The molecule has 0 bridgehead atoms. The third kappa shape index (κ3) is 3.63. The van der Waals surface area contributed by atoms with Crippen molar-refractivity contribution in [2.45, 2.75) is 44.4 Å². The van der Waals surface area contributed by atoms with Crippen LogP contribution in [0.1, 0.15) is 30.1 Å². The average Bonchev–Trinajstić information content (AvgIpc) is 3.02. The Morgan fingerprint density at radius 3 is 2.78 bits per heavy atom. The number of benzene rings is 1. The number of hydrogen-bond acceptors (Lipinski definition) is 5. The molecule has 3 rings (SSSR count). The predicted octanol–water partition coefficient (Wildman–Crippen LogP) is 1.89. The third-order valence-electron chi connectivity index (χ3n) is 4.55. The summed E-state index contributed by atoms with van der Waals surface area (Å²) in [4.78, 5) is 12.3. The van der Waals surface area contributed by atoms with Crippen LogP contribution in [0.25, 0.3) is 0 Å². The number of carbonyl (C=O) groups is 1. The Morgan fingerprint density at radius 1 is 1.35 bits per heavy atom. The molecule has 2 aliphatic rings. The van der Waals surface area contributed by atoms with Crippen molar-refractivity contribution in [2.24, 2.45) is 11.8 Å². The van der Waals surface area contributed by atoms with Gasteiger partial charge in [-0.3, -0.25) is 0 Å². The minimum Gasteiger partial charge on any atom is -0.458 e. The molecule has 5 nitrogen and oxygen atoms in total. The van der Waals surface area contributed by atoms with Crippen LogP contribution in [0, 0.1) is 11.8 Å². The van der Waals surface area contributed by atoms with E-state index in [1.54, 1.807) is 37.3 Å². The molecule has 0 spiro atoms. The number of aliphatic hydroxyl groups excluding tert-OH is 2. The van der Waals surface area contributed by atoms with Gasteiger partial charge in [-0.05, 0) is 25.0 Å². The van der Waals surface area contributed by atoms with E-state index in [4.69, 9.17) is 9.47 Å². The number of carbonyl (C=O) groups excluding carboxylic acids is 1. The summed E-state index contributed by atoms with van der Waals surface area (Å²) in [5.74, 6) is -0.306. The molecular weight excluding hydrogens is 296 g/mol. The van der Waals surface area contributed by atoms with E-state index < -0.39 is 12.4 Å². The highest BCUT2D eigenvalue weighted by Gasteiger charge is 2.49. The van der Waals surface area contributed by atoms with Crippen LogP contribution in [0.4, 0.5) is 0 Å². The van der Waals surface area contributed by atoms with Crippen LogP contribution in [-0.2, 0) is 9.47 Å². The Balaban J connectivity index is 1.73. The first-order valence-corrected chi connectivity index (χ1v) is 8.00. The van der Waals surface area contributed by atoms with Gasteiger partial charge in [0, 0.05) is 18.8 Å². The first kappa shape index (κ1) is 16.2. The molecule has 1 heterocycles. The lowest BCUT2D eigenvalue weighted by Crippen LogP contribution is -2.25. The summed E-state index contributed by atoms with van der Waals surface area (Å²) in [5.41, 5.74) is 0.517. The lowest BCUT2D eigenvalue weighted by atomic mass is 9.91. The zero-order valence-electron chi connectivity index (χ0n) is 13.0. The molecule has 23 heavy (non-hydrogen) atoms.